The number of hydrogen-bond donors (Lipinski definition) is 1. The molecule has 1 aliphatic rings. The topological polar surface area (TPSA) is 54.9 Å². The molecule has 5 heteroatoms. The molecule has 0 saturated carbocycles. The first-order valence-corrected chi connectivity index (χ1v) is 5.69. The third kappa shape index (κ3) is 2.10. The monoisotopic (exact) mass is 197 g/mol. The van der Waals surface area contributed by atoms with E-state index < -0.39 is 10.8 Å². The van der Waals surface area contributed by atoms with Gasteiger partial charge in [0.2, 0.25) is 0 Å². The minimum absolute atomic E-state index is 0.137. The molecule has 0 bridgehead atoms. The Morgan fingerprint density at radius 1 is 1.62 bits per heavy atom. The van der Waals surface area contributed by atoms with Crippen LogP contribution < -0.4 is 5.32 Å². The Morgan fingerprint density at radius 2 is 2.54 bits per heavy atom. The summed E-state index contributed by atoms with van der Waals surface area (Å²) in [7, 11) is -0.694. The average molecular weight is 197 g/mol. The van der Waals surface area contributed by atoms with Crippen molar-refractivity contribution < 1.29 is 4.21 Å². The van der Waals surface area contributed by atoms with Crippen LogP contribution in [0.4, 0.5) is 0 Å². The Labute approximate surface area is 79.2 Å². The van der Waals surface area contributed by atoms with E-state index in [2.05, 4.69) is 15.3 Å². The van der Waals surface area contributed by atoms with Crippen molar-refractivity contribution in [1.82, 2.24) is 15.3 Å². The molecular formula is C8H11N3OS. The van der Waals surface area contributed by atoms with Crippen molar-refractivity contribution in [1.29, 1.82) is 0 Å². The van der Waals surface area contributed by atoms with Gasteiger partial charge < -0.3 is 5.32 Å². The molecule has 1 saturated heterocycles. The molecular weight excluding hydrogens is 186 g/mol. The van der Waals surface area contributed by atoms with Crippen molar-refractivity contribution in [2.75, 3.05) is 18.1 Å². The lowest BCUT2D eigenvalue weighted by Gasteiger charge is -2.22. The molecule has 1 aromatic rings. The Hall–Kier alpha value is -0.810. The fourth-order valence-electron chi connectivity index (χ4n) is 1.37. The second-order valence-electron chi connectivity index (χ2n) is 2.95. The summed E-state index contributed by atoms with van der Waals surface area (Å²) >= 11 is 0. The maximum Gasteiger partial charge on any atom is 0.115 e. The van der Waals surface area contributed by atoms with Crippen molar-refractivity contribution in [2.24, 2.45) is 0 Å². The van der Waals surface area contributed by atoms with Crippen molar-refractivity contribution in [2.45, 2.75) is 6.04 Å². The van der Waals surface area contributed by atoms with Gasteiger partial charge in [-0.3, -0.25) is 4.21 Å². The van der Waals surface area contributed by atoms with Crippen LogP contribution in [0.5, 0.6) is 0 Å². The quantitative estimate of drug-likeness (QED) is 0.681. The molecule has 4 nitrogen and oxygen atoms in total. The van der Waals surface area contributed by atoms with E-state index in [9.17, 15) is 4.21 Å². The Bertz CT molecular complexity index is 304. The molecule has 2 rings (SSSR count). The number of nitrogens with one attached hydrogen (secondary N) is 1. The molecule has 1 aliphatic heterocycles. The molecule has 1 fully saturated rings. The van der Waals surface area contributed by atoms with Crippen LogP contribution in [0.15, 0.2) is 18.6 Å². The van der Waals surface area contributed by atoms with Gasteiger partial charge in [0.1, 0.15) is 6.33 Å². The van der Waals surface area contributed by atoms with Gasteiger partial charge in [-0.1, -0.05) is 0 Å². The molecule has 1 aromatic heterocycles. The van der Waals surface area contributed by atoms with Gasteiger partial charge in [-0.05, 0) is 6.07 Å². The average Bonchev–Trinajstić information content (AvgIpc) is 2.19. The minimum Gasteiger partial charge on any atom is -0.307 e. The standard InChI is InChI=1S/C8H11N3OS/c12-13-4-3-10-8(5-13)7-1-2-9-6-11-7/h1-2,6,8,10H,3-5H2. The van der Waals surface area contributed by atoms with Crippen molar-refractivity contribution >= 4 is 10.8 Å². The van der Waals surface area contributed by atoms with Crippen LogP contribution in [-0.4, -0.2) is 32.2 Å². The molecule has 0 aromatic carbocycles. The zero-order valence-corrected chi connectivity index (χ0v) is 7.96. The maximum atomic E-state index is 11.3. The van der Waals surface area contributed by atoms with Gasteiger partial charge in [-0.15, -0.1) is 0 Å². The third-order valence-electron chi connectivity index (χ3n) is 2.03. The molecule has 0 aliphatic carbocycles. The van der Waals surface area contributed by atoms with Crippen LogP contribution in [0.1, 0.15) is 11.7 Å². The summed E-state index contributed by atoms with van der Waals surface area (Å²) in [6.07, 6.45) is 3.23. The van der Waals surface area contributed by atoms with E-state index in [0.717, 1.165) is 18.0 Å². The highest BCUT2D eigenvalue weighted by Gasteiger charge is 2.19. The second kappa shape index (κ2) is 3.93. The highest BCUT2D eigenvalue weighted by Crippen LogP contribution is 2.13. The normalized spacial score (nSPS) is 28.6. The fourth-order valence-corrected chi connectivity index (χ4v) is 2.54. The predicted molar refractivity (Wildman–Crippen MR) is 50.7 cm³/mol. The van der Waals surface area contributed by atoms with Crippen molar-refractivity contribution in [3.63, 3.8) is 0 Å². The van der Waals surface area contributed by atoms with Gasteiger partial charge in [0, 0.05) is 35.0 Å². The van der Waals surface area contributed by atoms with E-state index in [4.69, 9.17) is 0 Å². The molecule has 0 amide bonds. The van der Waals surface area contributed by atoms with Crippen LogP contribution in [0.2, 0.25) is 0 Å². The highest BCUT2D eigenvalue weighted by atomic mass is 32.2. The Kier molecular flexibility index (Phi) is 2.65. The highest BCUT2D eigenvalue weighted by molar-refractivity contribution is 7.85. The van der Waals surface area contributed by atoms with Gasteiger partial charge in [-0.25, -0.2) is 9.97 Å². The van der Waals surface area contributed by atoms with Crippen molar-refractivity contribution in [3.05, 3.63) is 24.3 Å². The first-order valence-electron chi connectivity index (χ1n) is 4.20. The number of rotatable bonds is 1. The molecule has 70 valence electrons. The summed E-state index contributed by atoms with van der Waals surface area (Å²) in [4.78, 5) is 7.97. The Balaban J connectivity index is 2.13. The van der Waals surface area contributed by atoms with Crippen LogP contribution in [-0.2, 0) is 10.8 Å². The summed E-state index contributed by atoms with van der Waals surface area (Å²) in [5.74, 6) is 1.42. The number of nitrogens with zero attached hydrogens (tertiary/aromatic N) is 2. The Morgan fingerprint density at radius 3 is 3.23 bits per heavy atom. The van der Waals surface area contributed by atoms with E-state index in [0.29, 0.717) is 5.75 Å². The minimum atomic E-state index is -0.694. The van der Waals surface area contributed by atoms with E-state index in [-0.39, 0.29) is 6.04 Å². The molecule has 2 heterocycles. The lowest BCUT2D eigenvalue weighted by molar-refractivity contribution is 0.559. The van der Waals surface area contributed by atoms with E-state index in [1.165, 1.54) is 6.33 Å². The van der Waals surface area contributed by atoms with Crippen LogP contribution in [0, 0.1) is 0 Å². The van der Waals surface area contributed by atoms with Gasteiger partial charge >= 0.3 is 0 Å². The third-order valence-corrected chi connectivity index (χ3v) is 3.40. The van der Waals surface area contributed by atoms with Gasteiger partial charge in [0.05, 0.1) is 11.7 Å². The summed E-state index contributed by atoms with van der Waals surface area (Å²) in [5, 5.41) is 3.28. The number of hydrogen-bond acceptors (Lipinski definition) is 4. The van der Waals surface area contributed by atoms with Crippen LogP contribution >= 0.6 is 0 Å². The van der Waals surface area contributed by atoms with E-state index >= 15 is 0 Å². The zero-order chi connectivity index (χ0) is 9.10. The van der Waals surface area contributed by atoms with E-state index in [1.807, 2.05) is 6.07 Å². The molecule has 2 atom stereocenters. The van der Waals surface area contributed by atoms with Crippen LogP contribution in [0.25, 0.3) is 0 Å². The van der Waals surface area contributed by atoms with Gasteiger partial charge in [0.15, 0.2) is 0 Å². The largest absolute Gasteiger partial charge is 0.307 e. The molecule has 0 spiro atoms. The second-order valence-corrected chi connectivity index (χ2v) is 4.57. The first-order chi connectivity index (χ1) is 6.36. The SMILES string of the molecule is O=S1CCNC(c2ccncn2)C1. The molecule has 2 unspecified atom stereocenters. The summed E-state index contributed by atoms with van der Waals surface area (Å²) < 4.78 is 11.3. The summed E-state index contributed by atoms with van der Waals surface area (Å²) in [6, 6.07) is 2.00. The summed E-state index contributed by atoms with van der Waals surface area (Å²) in [6.45, 7) is 0.807. The van der Waals surface area contributed by atoms with Gasteiger partial charge in [-0.2, -0.15) is 0 Å². The van der Waals surface area contributed by atoms with Crippen LogP contribution in [0.3, 0.4) is 0 Å². The smallest absolute Gasteiger partial charge is 0.115 e. The van der Waals surface area contributed by atoms with E-state index in [1.54, 1.807) is 6.20 Å². The van der Waals surface area contributed by atoms with Crippen molar-refractivity contribution in [3.8, 4) is 0 Å². The molecule has 1 N–H and O–H groups in total. The van der Waals surface area contributed by atoms with Gasteiger partial charge in [0.25, 0.3) is 0 Å². The molecule has 13 heavy (non-hydrogen) atoms. The maximum absolute atomic E-state index is 11.3. The lowest BCUT2D eigenvalue weighted by Crippen LogP contribution is -2.36. The zero-order valence-electron chi connectivity index (χ0n) is 7.14. The fraction of sp³-hybridized carbons (Fsp3) is 0.500. The number of aromatic nitrogens is 2. The predicted octanol–water partition coefficient (Wildman–Crippen LogP) is -0.130. The lowest BCUT2D eigenvalue weighted by atomic mass is 10.2. The molecule has 0 radical (unpaired) electrons. The summed E-state index contributed by atoms with van der Waals surface area (Å²) in [5.41, 5.74) is 0.933. The first kappa shape index (κ1) is 8.77.